The summed E-state index contributed by atoms with van der Waals surface area (Å²) < 4.78 is 1.97. The van der Waals surface area contributed by atoms with Crippen LogP contribution < -0.4 is 5.43 Å². The number of hydrogen-bond donors (Lipinski definition) is 1. The number of carbonyl (C=O) groups is 1. The van der Waals surface area contributed by atoms with Crippen LogP contribution in [0.25, 0.3) is 0 Å². The molecule has 3 rings (SSSR count). The highest BCUT2D eigenvalue weighted by Gasteiger charge is 2.21. The summed E-state index contributed by atoms with van der Waals surface area (Å²) in [5, 5.41) is 2.11. The Labute approximate surface area is 123 Å². The molecule has 2 aromatic rings. The van der Waals surface area contributed by atoms with Crippen molar-refractivity contribution in [2.24, 2.45) is 0 Å². The van der Waals surface area contributed by atoms with Crippen LogP contribution in [0.4, 0.5) is 0 Å². The third-order valence-electron chi connectivity index (χ3n) is 3.82. The van der Waals surface area contributed by atoms with Gasteiger partial charge in [0.25, 0.3) is 0 Å². The molecule has 0 aliphatic carbocycles. The average Bonchev–Trinajstić information content (AvgIpc) is 3.03. The van der Waals surface area contributed by atoms with Gasteiger partial charge in [0.15, 0.2) is 0 Å². The first-order valence-electron chi connectivity index (χ1n) is 6.87. The van der Waals surface area contributed by atoms with Gasteiger partial charge in [-0.3, -0.25) is 9.47 Å². The number of hydrogen-bond acceptors (Lipinski definition) is 3. The second-order valence-electron chi connectivity index (χ2n) is 5.22. The van der Waals surface area contributed by atoms with E-state index in [0.29, 0.717) is 6.54 Å². The van der Waals surface area contributed by atoms with Crippen LogP contribution in [-0.4, -0.2) is 28.6 Å². The van der Waals surface area contributed by atoms with Gasteiger partial charge in [0.2, 0.25) is 5.91 Å². The third-order valence-corrected chi connectivity index (χ3v) is 4.84. The van der Waals surface area contributed by atoms with E-state index in [4.69, 9.17) is 0 Å². The van der Waals surface area contributed by atoms with E-state index in [0.717, 1.165) is 30.9 Å². The Morgan fingerprint density at radius 2 is 2.05 bits per heavy atom. The number of aromatic nitrogens is 1. The van der Waals surface area contributed by atoms with Crippen molar-refractivity contribution in [1.29, 1.82) is 0 Å². The molecule has 4 nitrogen and oxygen atoms in total. The lowest BCUT2D eigenvalue weighted by Gasteiger charge is -2.27. The molecule has 1 amide bonds. The number of nitrogens with one attached hydrogen (secondary N) is 1. The van der Waals surface area contributed by atoms with Crippen LogP contribution in [0.2, 0.25) is 0 Å². The predicted octanol–water partition coefficient (Wildman–Crippen LogP) is 2.29. The number of thiophene rings is 1. The molecule has 0 atom stereocenters. The molecule has 0 bridgehead atoms. The van der Waals surface area contributed by atoms with Gasteiger partial charge >= 0.3 is 0 Å². The number of aryl methyl sites for hydroxylation is 2. The first kappa shape index (κ1) is 13.2. The number of carbonyl (C=O) groups excluding carboxylic acids is 1. The average molecular weight is 289 g/mol. The molecule has 0 fully saturated rings. The van der Waals surface area contributed by atoms with E-state index in [1.807, 2.05) is 35.6 Å². The van der Waals surface area contributed by atoms with Crippen molar-refractivity contribution in [3.8, 4) is 0 Å². The van der Waals surface area contributed by atoms with Gasteiger partial charge in [-0.15, -0.1) is 11.3 Å². The van der Waals surface area contributed by atoms with Gasteiger partial charge < -0.3 is 10.3 Å². The van der Waals surface area contributed by atoms with Crippen molar-refractivity contribution in [2.75, 3.05) is 18.5 Å². The zero-order valence-corrected chi connectivity index (χ0v) is 12.7. The van der Waals surface area contributed by atoms with Crippen LogP contribution in [0.5, 0.6) is 0 Å². The maximum atomic E-state index is 12.3. The van der Waals surface area contributed by atoms with E-state index in [1.54, 1.807) is 11.3 Å². The van der Waals surface area contributed by atoms with Crippen molar-refractivity contribution in [3.63, 3.8) is 0 Å². The highest BCUT2D eigenvalue weighted by molar-refractivity contribution is 7.10. The minimum absolute atomic E-state index is 0.161. The van der Waals surface area contributed by atoms with Crippen molar-refractivity contribution >= 4 is 17.2 Å². The Morgan fingerprint density at radius 3 is 2.80 bits per heavy atom. The molecular weight excluding hydrogens is 270 g/mol. The van der Waals surface area contributed by atoms with E-state index in [9.17, 15) is 4.79 Å². The molecule has 3 heterocycles. The molecule has 0 aromatic carbocycles. The van der Waals surface area contributed by atoms with Crippen molar-refractivity contribution in [2.45, 2.75) is 26.8 Å². The quantitative estimate of drug-likeness (QED) is 0.941. The second kappa shape index (κ2) is 5.32. The van der Waals surface area contributed by atoms with Gasteiger partial charge in [-0.05, 0) is 49.4 Å². The first-order chi connectivity index (χ1) is 9.65. The molecule has 1 N–H and O–H groups in total. The van der Waals surface area contributed by atoms with Gasteiger partial charge in [0.1, 0.15) is 6.54 Å². The fraction of sp³-hybridized carbons (Fsp3) is 0.400. The molecule has 20 heavy (non-hydrogen) atoms. The lowest BCUT2D eigenvalue weighted by Crippen LogP contribution is -2.40. The normalized spacial score (nSPS) is 14.2. The molecule has 106 valence electrons. The highest BCUT2D eigenvalue weighted by atomic mass is 32.1. The van der Waals surface area contributed by atoms with Crippen LogP contribution in [0.1, 0.15) is 21.8 Å². The Hall–Kier alpha value is -1.75. The van der Waals surface area contributed by atoms with Gasteiger partial charge in [-0.1, -0.05) is 0 Å². The molecule has 0 saturated carbocycles. The fourth-order valence-electron chi connectivity index (χ4n) is 2.64. The Kier molecular flexibility index (Phi) is 3.53. The number of fused-ring (bicyclic) bond motifs is 1. The minimum Gasteiger partial charge on any atom is -0.336 e. The summed E-state index contributed by atoms with van der Waals surface area (Å²) in [5.41, 5.74) is 6.75. The van der Waals surface area contributed by atoms with Gasteiger partial charge in [-0.2, -0.15) is 0 Å². The van der Waals surface area contributed by atoms with Gasteiger partial charge in [-0.25, -0.2) is 0 Å². The van der Waals surface area contributed by atoms with Crippen LogP contribution in [0.15, 0.2) is 23.6 Å². The molecule has 5 heteroatoms. The zero-order valence-electron chi connectivity index (χ0n) is 11.8. The maximum absolute atomic E-state index is 12.3. The smallest absolute Gasteiger partial charge is 0.243 e. The summed E-state index contributed by atoms with van der Waals surface area (Å²) in [4.78, 5) is 15.7. The summed E-state index contributed by atoms with van der Waals surface area (Å²) in [6, 6.07) is 6.23. The van der Waals surface area contributed by atoms with E-state index < -0.39 is 0 Å². The fourth-order valence-corrected chi connectivity index (χ4v) is 3.53. The second-order valence-corrected chi connectivity index (χ2v) is 6.22. The largest absolute Gasteiger partial charge is 0.336 e. The van der Waals surface area contributed by atoms with Gasteiger partial charge in [0.05, 0.1) is 0 Å². The van der Waals surface area contributed by atoms with E-state index in [1.165, 1.54) is 10.4 Å². The zero-order chi connectivity index (χ0) is 14.1. The molecule has 0 spiro atoms. The monoisotopic (exact) mass is 289 g/mol. The lowest BCUT2D eigenvalue weighted by molar-refractivity contribution is -0.130. The van der Waals surface area contributed by atoms with Gasteiger partial charge in [0, 0.05) is 29.4 Å². The summed E-state index contributed by atoms with van der Waals surface area (Å²) in [7, 11) is 0. The van der Waals surface area contributed by atoms with E-state index >= 15 is 0 Å². The molecule has 0 saturated heterocycles. The number of nitrogens with zero attached hydrogens (tertiary/aromatic N) is 2. The molecule has 2 aromatic heterocycles. The van der Waals surface area contributed by atoms with E-state index in [2.05, 4.69) is 16.9 Å². The molecular formula is C15H19N3OS. The Balaban J connectivity index is 1.61. The lowest BCUT2D eigenvalue weighted by atomic mass is 10.1. The summed E-state index contributed by atoms with van der Waals surface area (Å²) in [6.45, 7) is 5.99. The molecule has 0 radical (unpaired) electrons. The Morgan fingerprint density at radius 1 is 1.30 bits per heavy atom. The third kappa shape index (κ3) is 2.45. The molecule has 1 aliphatic rings. The SMILES string of the molecule is Cc1ccc(C)n1NCC(=O)N1CCc2sccc2C1. The first-order valence-corrected chi connectivity index (χ1v) is 7.75. The maximum Gasteiger partial charge on any atom is 0.243 e. The minimum atomic E-state index is 0.161. The van der Waals surface area contributed by atoms with Crippen LogP contribution in [0, 0.1) is 13.8 Å². The van der Waals surface area contributed by atoms with Crippen molar-refractivity contribution < 1.29 is 4.79 Å². The number of rotatable bonds is 3. The van der Waals surface area contributed by atoms with Crippen LogP contribution in [0.3, 0.4) is 0 Å². The topological polar surface area (TPSA) is 37.3 Å². The summed E-state index contributed by atoms with van der Waals surface area (Å²) >= 11 is 1.80. The summed E-state index contributed by atoms with van der Waals surface area (Å²) in [5.74, 6) is 0.161. The van der Waals surface area contributed by atoms with Crippen LogP contribution in [-0.2, 0) is 17.8 Å². The van der Waals surface area contributed by atoms with E-state index in [-0.39, 0.29) is 5.91 Å². The van der Waals surface area contributed by atoms with Crippen LogP contribution >= 0.6 is 11.3 Å². The standard InChI is InChI=1S/C15H19N3OS/c1-11-3-4-12(2)18(11)16-9-15(19)17-7-5-14-13(10-17)6-8-20-14/h3-4,6,8,16H,5,7,9-10H2,1-2H3. The predicted molar refractivity (Wildman–Crippen MR) is 81.6 cm³/mol. The number of amides is 1. The Bertz CT molecular complexity index is 609. The molecule has 0 unspecified atom stereocenters. The van der Waals surface area contributed by atoms with Crippen molar-refractivity contribution in [3.05, 3.63) is 45.4 Å². The van der Waals surface area contributed by atoms with Crippen molar-refractivity contribution in [1.82, 2.24) is 9.58 Å². The summed E-state index contributed by atoms with van der Waals surface area (Å²) in [6.07, 6.45) is 0.986. The molecule has 1 aliphatic heterocycles. The highest BCUT2D eigenvalue weighted by Crippen LogP contribution is 2.23.